The molecular weight excluding hydrogens is 494 g/mol. The Kier molecular flexibility index (Phi) is 14.1. The van der Waals surface area contributed by atoms with Crippen molar-refractivity contribution < 1.29 is 34.2 Å². The summed E-state index contributed by atoms with van der Waals surface area (Å²) in [5, 5.41) is 25.4. The van der Waals surface area contributed by atoms with Crippen LogP contribution in [0.5, 0.6) is 0 Å². The minimum absolute atomic E-state index is 0.0285. The molecule has 1 rings (SSSR count). The molecule has 0 aliphatic carbocycles. The highest BCUT2D eigenvalue weighted by Gasteiger charge is 2.31. The number of carboxylic acids is 2. The van der Waals surface area contributed by atoms with Crippen molar-refractivity contribution in [3.8, 4) is 0 Å². The van der Waals surface area contributed by atoms with Crippen LogP contribution in [0.25, 0.3) is 0 Å². The van der Waals surface area contributed by atoms with Gasteiger partial charge in [-0.15, -0.1) is 0 Å². The Bertz CT molecular complexity index is 869. The third-order valence-corrected chi connectivity index (χ3v) is 5.80. The molecule has 0 aliphatic rings. The van der Waals surface area contributed by atoms with Gasteiger partial charge in [-0.25, -0.2) is 9.78 Å². The Hall–Kier alpha value is -3.17. The second-order valence-electron chi connectivity index (χ2n) is 8.07. The van der Waals surface area contributed by atoms with E-state index in [0.29, 0.717) is 37.3 Å². The summed E-state index contributed by atoms with van der Waals surface area (Å²) in [4.78, 5) is 67.6. The molecule has 10 N–H and O–H groups in total. The predicted molar refractivity (Wildman–Crippen MR) is 132 cm³/mol. The molecular formula is C21H35N7O7S. The summed E-state index contributed by atoms with van der Waals surface area (Å²) in [6, 6.07) is -4.82. The smallest absolute Gasteiger partial charge is 0.326 e. The van der Waals surface area contributed by atoms with Gasteiger partial charge in [0.1, 0.15) is 18.1 Å². The number of aliphatic carboxylic acids is 2. The van der Waals surface area contributed by atoms with Gasteiger partial charge in [-0.3, -0.25) is 19.2 Å². The molecule has 0 saturated carbocycles. The lowest BCUT2D eigenvalue weighted by atomic mass is 10.1. The third-order valence-electron chi connectivity index (χ3n) is 5.15. The number of rotatable bonds is 18. The Balaban J connectivity index is 2.99. The maximum absolute atomic E-state index is 13.1. The monoisotopic (exact) mass is 529 g/mol. The molecule has 0 aliphatic heterocycles. The molecule has 0 fully saturated rings. The SMILES string of the molecule is CSCCC(NC(=O)C(Cc1cnc[nH]1)NC(=O)C(N)CCCCN)C(=O)NC(CC(=O)O)C(=O)O. The lowest BCUT2D eigenvalue weighted by Gasteiger charge is -2.25. The summed E-state index contributed by atoms with van der Waals surface area (Å²) in [6.45, 7) is 0.466. The number of hydrogen-bond acceptors (Lipinski definition) is 9. The van der Waals surface area contributed by atoms with E-state index in [0.717, 1.165) is 0 Å². The summed E-state index contributed by atoms with van der Waals surface area (Å²) in [6.07, 6.45) is 5.73. The number of H-pyrrole nitrogens is 1. The molecule has 202 valence electrons. The maximum atomic E-state index is 13.1. The fourth-order valence-corrected chi connectivity index (χ4v) is 3.64. The molecule has 1 aromatic rings. The standard InChI is InChI=1S/C21H35N7O7S/c1-36-7-5-14(19(32)28-16(21(34)35)9-17(29)30)26-20(33)15(8-12-10-24-11-25-12)27-18(31)13(23)4-2-3-6-22/h10-11,13-16H,2-9,22-23H2,1H3,(H,24,25)(H,26,33)(H,27,31)(H,28,32)(H,29,30)(H,34,35). The number of carbonyl (C=O) groups excluding carboxylic acids is 3. The zero-order valence-corrected chi connectivity index (χ0v) is 20.9. The van der Waals surface area contributed by atoms with Gasteiger partial charge in [-0.05, 0) is 37.8 Å². The number of imidazole rings is 1. The van der Waals surface area contributed by atoms with E-state index in [1.54, 1.807) is 6.26 Å². The molecule has 0 saturated heterocycles. The van der Waals surface area contributed by atoms with E-state index in [-0.39, 0.29) is 12.8 Å². The van der Waals surface area contributed by atoms with Crippen LogP contribution in [0.1, 0.15) is 37.8 Å². The number of carbonyl (C=O) groups is 5. The van der Waals surface area contributed by atoms with Gasteiger partial charge in [-0.1, -0.05) is 6.42 Å². The minimum atomic E-state index is -1.67. The van der Waals surface area contributed by atoms with Gasteiger partial charge < -0.3 is 42.6 Å². The van der Waals surface area contributed by atoms with Crippen LogP contribution in [0.4, 0.5) is 0 Å². The lowest BCUT2D eigenvalue weighted by molar-refractivity contribution is -0.147. The van der Waals surface area contributed by atoms with Crippen LogP contribution in [0.15, 0.2) is 12.5 Å². The van der Waals surface area contributed by atoms with Crippen LogP contribution in [0.3, 0.4) is 0 Å². The van der Waals surface area contributed by atoms with E-state index in [2.05, 4.69) is 25.9 Å². The van der Waals surface area contributed by atoms with Crippen LogP contribution >= 0.6 is 11.8 Å². The Morgan fingerprint density at radius 1 is 1.00 bits per heavy atom. The van der Waals surface area contributed by atoms with Crippen LogP contribution in [-0.2, 0) is 30.4 Å². The van der Waals surface area contributed by atoms with Crippen LogP contribution < -0.4 is 27.4 Å². The van der Waals surface area contributed by atoms with Crippen molar-refractivity contribution in [3.05, 3.63) is 18.2 Å². The third kappa shape index (κ3) is 11.5. The Morgan fingerprint density at radius 2 is 1.64 bits per heavy atom. The van der Waals surface area contributed by atoms with Crippen molar-refractivity contribution in [1.29, 1.82) is 0 Å². The summed E-state index contributed by atoms with van der Waals surface area (Å²) in [5.74, 6) is -4.58. The Labute approximate surface area is 212 Å². The zero-order valence-electron chi connectivity index (χ0n) is 20.1. The molecule has 14 nitrogen and oxygen atoms in total. The molecule has 15 heteroatoms. The number of nitrogens with zero attached hydrogens (tertiary/aromatic N) is 1. The Morgan fingerprint density at radius 3 is 2.19 bits per heavy atom. The molecule has 0 aromatic carbocycles. The summed E-state index contributed by atoms with van der Waals surface area (Å²) in [7, 11) is 0. The van der Waals surface area contributed by atoms with Crippen molar-refractivity contribution in [3.63, 3.8) is 0 Å². The molecule has 4 atom stereocenters. The van der Waals surface area contributed by atoms with E-state index in [9.17, 15) is 29.1 Å². The summed E-state index contributed by atoms with van der Waals surface area (Å²) < 4.78 is 0. The van der Waals surface area contributed by atoms with E-state index < -0.39 is 60.2 Å². The summed E-state index contributed by atoms with van der Waals surface area (Å²) >= 11 is 1.40. The number of nitrogens with two attached hydrogens (primary N) is 2. The average Bonchev–Trinajstić information content (AvgIpc) is 3.33. The first kappa shape index (κ1) is 30.9. The second-order valence-corrected chi connectivity index (χ2v) is 9.06. The first-order chi connectivity index (χ1) is 17.1. The average molecular weight is 530 g/mol. The number of carboxylic acid groups (broad SMARTS) is 2. The first-order valence-electron chi connectivity index (χ1n) is 11.4. The van der Waals surface area contributed by atoms with E-state index >= 15 is 0 Å². The van der Waals surface area contributed by atoms with Gasteiger partial charge in [0.05, 0.1) is 18.8 Å². The normalized spacial score (nSPS) is 14.2. The lowest BCUT2D eigenvalue weighted by Crippen LogP contribution is -2.57. The topological polar surface area (TPSA) is 243 Å². The molecule has 1 aromatic heterocycles. The predicted octanol–water partition coefficient (Wildman–Crippen LogP) is -1.82. The van der Waals surface area contributed by atoms with Gasteiger partial charge in [0.25, 0.3) is 0 Å². The van der Waals surface area contributed by atoms with Gasteiger partial charge in [0.15, 0.2) is 0 Å². The summed E-state index contributed by atoms with van der Waals surface area (Å²) in [5.41, 5.74) is 12.0. The highest BCUT2D eigenvalue weighted by molar-refractivity contribution is 7.98. The minimum Gasteiger partial charge on any atom is -0.481 e. The molecule has 1 heterocycles. The fraction of sp³-hybridized carbons (Fsp3) is 0.619. The number of hydrogen-bond donors (Lipinski definition) is 8. The van der Waals surface area contributed by atoms with Crippen molar-refractivity contribution in [2.24, 2.45) is 11.5 Å². The van der Waals surface area contributed by atoms with Crippen molar-refractivity contribution in [2.45, 2.75) is 62.7 Å². The number of aromatic nitrogens is 2. The number of nitrogens with one attached hydrogen (secondary N) is 4. The van der Waals surface area contributed by atoms with Crippen LogP contribution in [0, 0.1) is 0 Å². The largest absolute Gasteiger partial charge is 0.481 e. The molecule has 0 bridgehead atoms. The molecule has 0 spiro atoms. The van der Waals surface area contributed by atoms with Crippen molar-refractivity contribution >= 4 is 41.4 Å². The number of unbranched alkanes of at least 4 members (excludes halogenated alkanes) is 1. The van der Waals surface area contributed by atoms with Gasteiger partial charge in [-0.2, -0.15) is 11.8 Å². The zero-order chi connectivity index (χ0) is 27.1. The van der Waals surface area contributed by atoms with Gasteiger partial charge in [0.2, 0.25) is 17.7 Å². The highest BCUT2D eigenvalue weighted by atomic mass is 32.2. The van der Waals surface area contributed by atoms with Crippen LogP contribution in [-0.4, -0.2) is 92.6 Å². The molecule has 0 radical (unpaired) electrons. The fourth-order valence-electron chi connectivity index (χ4n) is 3.17. The highest BCUT2D eigenvalue weighted by Crippen LogP contribution is 2.06. The molecule has 36 heavy (non-hydrogen) atoms. The first-order valence-corrected chi connectivity index (χ1v) is 12.8. The maximum Gasteiger partial charge on any atom is 0.326 e. The number of amides is 3. The second kappa shape index (κ2) is 16.5. The number of thioether (sulfide) groups is 1. The van der Waals surface area contributed by atoms with Gasteiger partial charge in [0, 0.05) is 18.3 Å². The van der Waals surface area contributed by atoms with Crippen molar-refractivity contribution in [2.75, 3.05) is 18.6 Å². The van der Waals surface area contributed by atoms with Crippen molar-refractivity contribution in [1.82, 2.24) is 25.9 Å². The molecule has 4 unspecified atom stereocenters. The van der Waals surface area contributed by atoms with E-state index in [1.165, 1.54) is 24.3 Å². The van der Waals surface area contributed by atoms with Gasteiger partial charge >= 0.3 is 11.9 Å². The number of aromatic amines is 1. The van der Waals surface area contributed by atoms with E-state index in [1.807, 2.05) is 0 Å². The van der Waals surface area contributed by atoms with Crippen LogP contribution in [0.2, 0.25) is 0 Å². The molecule has 3 amide bonds. The van der Waals surface area contributed by atoms with E-state index in [4.69, 9.17) is 16.6 Å². The quantitative estimate of drug-likeness (QED) is 0.0983.